The van der Waals surface area contributed by atoms with E-state index in [1.54, 1.807) is 18.3 Å². The fourth-order valence-electron chi connectivity index (χ4n) is 1.58. The molecule has 0 radical (unpaired) electrons. The predicted octanol–water partition coefficient (Wildman–Crippen LogP) is 1.07. The zero-order valence-electron chi connectivity index (χ0n) is 8.77. The van der Waals surface area contributed by atoms with Crippen molar-refractivity contribution in [3.63, 3.8) is 0 Å². The first-order valence-electron chi connectivity index (χ1n) is 5.05. The third kappa shape index (κ3) is 2.33. The second-order valence-electron chi connectivity index (χ2n) is 3.66. The lowest BCUT2D eigenvalue weighted by Gasteiger charge is -2.30. The van der Waals surface area contributed by atoms with Gasteiger partial charge in [0.1, 0.15) is 0 Å². The van der Waals surface area contributed by atoms with Gasteiger partial charge in [0, 0.05) is 12.7 Å². The van der Waals surface area contributed by atoms with Gasteiger partial charge in [0.05, 0.1) is 18.4 Å². The van der Waals surface area contributed by atoms with Gasteiger partial charge in [-0.25, -0.2) is 4.79 Å². The number of hydrogen-bond acceptors (Lipinski definition) is 4. The van der Waals surface area contributed by atoms with Crippen LogP contribution in [0.4, 0.5) is 0 Å². The highest BCUT2D eigenvalue weighted by molar-refractivity contribution is 5.89. The molecule has 0 saturated carbocycles. The summed E-state index contributed by atoms with van der Waals surface area (Å²) in [6, 6.07) is 3.47. The van der Waals surface area contributed by atoms with Crippen molar-refractivity contribution in [1.29, 1.82) is 0 Å². The Bertz CT molecular complexity index is 361. The number of ether oxygens (including phenoxy) is 1. The van der Waals surface area contributed by atoms with E-state index in [2.05, 4.69) is 14.6 Å². The maximum absolute atomic E-state index is 11.3. The number of esters is 1. The molecule has 0 atom stereocenters. The predicted molar refractivity (Wildman–Crippen MR) is 55.5 cm³/mol. The van der Waals surface area contributed by atoms with Gasteiger partial charge >= 0.3 is 5.97 Å². The van der Waals surface area contributed by atoms with Gasteiger partial charge in [0.15, 0.2) is 0 Å². The summed E-state index contributed by atoms with van der Waals surface area (Å²) in [4.78, 5) is 17.8. The van der Waals surface area contributed by atoms with Crippen LogP contribution in [0.5, 0.6) is 0 Å². The summed E-state index contributed by atoms with van der Waals surface area (Å²) in [7, 11) is 1.39. The second kappa shape index (κ2) is 4.40. The Morgan fingerprint density at radius 2 is 2.40 bits per heavy atom. The summed E-state index contributed by atoms with van der Waals surface area (Å²) in [5.41, 5.74) is 1.50. The van der Waals surface area contributed by atoms with Crippen LogP contribution in [-0.2, 0) is 11.3 Å². The zero-order chi connectivity index (χ0) is 10.7. The first-order chi connectivity index (χ1) is 7.29. The van der Waals surface area contributed by atoms with E-state index < -0.39 is 0 Å². The van der Waals surface area contributed by atoms with Crippen LogP contribution in [0.2, 0.25) is 0 Å². The van der Waals surface area contributed by atoms with Crippen LogP contribution in [-0.4, -0.2) is 36.1 Å². The smallest absolute Gasteiger partial charge is 0.337 e. The van der Waals surface area contributed by atoms with E-state index in [1.807, 2.05) is 0 Å². The second-order valence-corrected chi connectivity index (χ2v) is 3.66. The van der Waals surface area contributed by atoms with E-state index in [0.717, 1.165) is 25.3 Å². The van der Waals surface area contributed by atoms with Crippen molar-refractivity contribution >= 4 is 5.97 Å². The lowest BCUT2D eigenvalue weighted by molar-refractivity contribution is 0.0600. The fourth-order valence-corrected chi connectivity index (χ4v) is 1.58. The molecular weight excluding hydrogens is 192 g/mol. The molecular formula is C11H14N2O2. The molecule has 80 valence electrons. The molecule has 2 heterocycles. The van der Waals surface area contributed by atoms with Gasteiger partial charge in [-0.15, -0.1) is 0 Å². The third-order valence-electron chi connectivity index (χ3n) is 2.57. The van der Waals surface area contributed by atoms with Crippen molar-refractivity contribution in [2.24, 2.45) is 0 Å². The molecule has 1 aromatic heterocycles. The molecule has 0 spiro atoms. The average molecular weight is 206 g/mol. The first kappa shape index (κ1) is 10.1. The van der Waals surface area contributed by atoms with Crippen LogP contribution in [0.1, 0.15) is 22.5 Å². The van der Waals surface area contributed by atoms with Crippen molar-refractivity contribution in [2.75, 3.05) is 20.2 Å². The standard InChI is InChI=1S/C11H14N2O2/c1-15-11(14)9-3-4-12-10(7-9)8-13-5-2-6-13/h3-4,7H,2,5-6,8H2,1H3. The molecule has 0 aromatic carbocycles. The van der Waals surface area contributed by atoms with Gasteiger partial charge in [-0.05, 0) is 31.6 Å². The highest BCUT2D eigenvalue weighted by atomic mass is 16.5. The maximum atomic E-state index is 11.3. The van der Waals surface area contributed by atoms with Crippen molar-refractivity contribution in [2.45, 2.75) is 13.0 Å². The number of methoxy groups -OCH3 is 1. The Morgan fingerprint density at radius 3 is 3.00 bits per heavy atom. The lowest BCUT2D eigenvalue weighted by atomic mass is 10.2. The van der Waals surface area contributed by atoms with E-state index in [9.17, 15) is 4.79 Å². The molecule has 1 aliphatic rings. The summed E-state index contributed by atoms with van der Waals surface area (Å²) >= 11 is 0. The van der Waals surface area contributed by atoms with Crippen LogP contribution in [0.15, 0.2) is 18.3 Å². The summed E-state index contributed by atoms with van der Waals surface area (Å²) in [6.07, 6.45) is 2.91. The van der Waals surface area contributed by atoms with E-state index >= 15 is 0 Å². The number of carbonyl (C=O) groups is 1. The molecule has 1 aliphatic heterocycles. The minimum Gasteiger partial charge on any atom is -0.465 e. The van der Waals surface area contributed by atoms with E-state index in [1.165, 1.54) is 13.5 Å². The van der Waals surface area contributed by atoms with Gasteiger partial charge in [0.2, 0.25) is 0 Å². The number of rotatable bonds is 3. The van der Waals surface area contributed by atoms with Crippen molar-refractivity contribution in [1.82, 2.24) is 9.88 Å². The maximum Gasteiger partial charge on any atom is 0.337 e. The summed E-state index contributed by atoms with van der Waals surface area (Å²) < 4.78 is 4.66. The number of likely N-dealkylation sites (tertiary alicyclic amines) is 1. The molecule has 0 bridgehead atoms. The Balaban J connectivity index is 2.07. The Hall–Kier alpha value is -1.42. The third-order valence-corrected chi connectivity index (χ3v) is 2.57. The molecule has 0 amide bonds. The van der Waals surface area contributed by atoms with Crippen molar-refractivity contribution in [3.8, 4) is 0 Å². The van der Waals surface area contributed by atoms with E-state index in [-0.39, 0.29) is 5.97 Å². The first-order valence-corrected chi connectivity index (χ1v) is 5.05. The lowest BCUT2D eigenvalue weighted by Crippen LogP contribution is -2.36. The molecule has 0 unspecified atom stereocenters. The number of aromatic nitrogens is 1. The zero-order valence-corrected chi connectivity index (χ0v) is 8.77. The normalized spacial score (nSPS) is 15.8. The van der Waals surface area contributed by atoms with Crippen LogP contribution in [0.3, 0.4) is 0 Å². The summed E-state index contributed by atoms with van der Waals surface area (Å²) in [5.74, 6) is -0.303. The van der Waals surface area contributed by atoms with Gasteiger partial charge in [-0.1, -0.05) is 0 Å². The SMILES string of the molecule is COC(=O)c1ccnc(CN2CCC2)c1. The molecule has 1 fully saturated rings. The van der Waals surface area contributed by atoms with Crippen LogP contribution in [0.25, 0.3) is 0 Å². The Kier molecular flexibility index (Phi) is 2.97. The fraction of sp³-hybridized carbons (Fsp3) is 0.455. The minimum atomic E-state index is -0.303. The molecule has 1 aromatic rings. The van der Waals surface area contributed by atoms with Gasteiger partial charge in [-0.2, -0.15) is 0 Å². The van der Waals surface area contributed by atoms with Gasteiger partial charge in [-0.3, -0.25) is 9.88 Å². The van der Waals surface area contributed by atoms with Gasteiger partial charge < -0.3 is 4.74 Å². The molecule has 0 N–H and O–H groups in total. The quantitative estimate of drug-likeness (QED) is 0.694. The number of nitrogens with zero attached hydrogens (tertiary/aromatic N) is 2. The summed E-state index contributed by atoms with van der Waals surface area (Å²) in [6.45, 7) is 3.08. The Morgan fingerprint density at radius 1 is 1.60 bits per heavy atom. The minimum absolute atomic E-state index is 0.303. The van der Waals surface area contributed by atoms with Gasteiger partial charge in [0.25, 0.3) is 0 Å². The largest absolute Gasteiger partial charge is 0.465 e. The monoisotopic (exact) mass is 206 g/mol. The summed E-state index contributed by atoms with van der Waals surface area (Å²) in [5, 5.41) is 0. The van der Waals surface area contributed by atoms with E-state index in [0.29, 0.717) is 5.56 Å². The highest BCUT2D eigenvalue weighted by Gasteiger charge is 2.15. The van der Waals surface area contributed by atoms with Crippen molar-refractivity contribution in [3.05, 3.63) is 29.6 Å². The molecule has 4 nitrogen and oxygen atoms in total. The van der Waals surface area contributed by atoms with Crippen LogP contribution >= 0.6 is 0 Å². The number of hydrogen-bond donors (Lipinski definition) is 0. The molecule has 1 saturated heterocycles. The molecule has 2 rings (SSSR count). The average Bonchev–Trinajstić information content (AvgIpc) is 2.23. The molecule has 0 aliphatic carbocycles. The highest BCUT2D eigenvalue weighted by Crippen LogP contribution is 2.11. The topological polar surface area (TPSA) is 42.4 Å². The van der Waals surface area contributed by atoms with Crippen LogP contribution in [0, 0.1) is 0 Å². The molecule has 15 heavy (non-hydrogen) atoms. The number of pyridine rings is 1. The number of carbonyl (C=O) groups excluding carboxylic acids is 1. The molecule has 4 heteroatoms. The van der Waals surface area contributed by atoms with E-state index in [4.69, 9.17) is 0 Å². The van der Waals surface area contributed by atoms with Crippen LogP contribution < -0.4 is 0 Å². The van der Waals surface area contributed by atoms with Crippen molar-refractivity contribution < 1.29 is 9.53 Å². The Labute approximate surface area is 88.9 Å².